The van der Waals surface area contributed by atoms with Gasteiger partial charge in [-0.05, 0) is 15.9 Å². The molecule has 20 heavy (non-hydrogen) atoms. The average molecular weight is 364 g/mol. The van der Waals surface area contributed by atoms with E-state index in [-0.39, 0.29) is 16.1 Å². The fourth-order valence-electron chi connectivity index (χ4n) is 1.48. The van der Waals surface area contributed by atoms with Gasteiger partial charge >= 0.3 is 5.97 Å². The number of hydrogen-bond donors (Lipinski definition) is 2. The van der Waals surface area contributed by atoms with Crippen LogP contribution in [0.3, 0.4) is 0 Å². The van der Waals surface area contributed by atoms with E-state index in [0.717, 1.165) is 10.4 Å². The highest BCUT2D eigenvalue weighted by Gasteiger charge is 2.29. The van der Waals surface area contributed by atoms with Crippen LogP contribution in [0.4, 0.5) is 0 Å². The number of H-pyrrole nitrogens is 1. The summed E-state index contributed by atoms with van der Waals surface area (Å²) in [7, 11) is -2.53. The van der Waals surface area contributed by atoms with E-state index >= 15 is 0 Å². The fourth-order valence-corrected chi connectivity index (χ4v) is 3.51. The lowest BCUT2D eigenvalue weighted by Gasteiger charge is -2.14. The van der Waals surface area contributed by atoms with Crippen LogP contribution in [0.25, 0.3) is 0 Å². The Hall–Kier alpha value is -1.65. The molecule has 2 rings (SSSR count). The number of nitrogens with zero attached hydrogens (tertiary/aromatic N) is 2. The highest BCUT2D eigenvalue weighted by molar-refractivity contribution is 9.10. The number of nitrogens with one attached hydrogen (secondary N) is 1. The molecule has 2 heterocycles. The van der Waals surface area contributed by atoms with Crippen molar-refractivity contribution in [3.8, 4) is 0 Å². The minimum Gasteiger partial charge on any atom is -0.475 e. The van der Waals surface area contributed by atoms with Crippen molar-refractivity contribution in [3.63, 3.8) is 0 Å². The third-order valence-electron chi connectivity index (χ3n) is 2.48. The van der Waals surface area contributed by atoms with Gasteiger partial charge < -0.3 is 14.5 Å². The van der Waals surface area contributed by atoms with E-state index in [1.54, 1.807) is 6.20 Å². The van der Waals surface area contributed by atoms with E-state index < -0.39 is 21.8 Å². The molecular weight excluding hydrogens is 354 g/mol. The lowest BCUT2D eigenvalue weighted by molar-refractivity contribution is 0.0661. The van der Waals surface area contributed by atoms with Crippen LogP contribution in [0.5, 0.6) is 0 Å². The summed E-state index contributed by atoms with van der Waals surface area (Å²) in [5.74, 6) is -1.34. The molecule has 0 radical (unpaired) electrons. The van der Waals surface area contributed by atoms with Crippen LogP contribution in [-0.4, -0.2) is 40.8 Å². The first-order valence-corrected chi connectivity index (χ1v) is 7.53. The molecule has 2 aromatic rings. The Bertz CT molecular complexity index is 722. The summed E-state index contributed by atoms with van der Waals surface area (Å²) in [6.45, 7) is 0.0232. The SMILES string of the molecule is CN(Cc1ncc[nH]1)S(=O)(=O)c1cc(C(=O)O)oc1Br. The number of sulfonamides is 1. The summed E-state index contributed by atoms with van der Waals surface area (Å²) in [4.78, 5) is 17.2. The zero-order valence-corrected chi connectivity index (χ0v) is 12.6. The first-order chi connectivity index (χ1) is 9.32. The molecule has 0 atom stereocenters. The van der Waals surface area contributed by atoms with Crippen molar-refractivity contribution in [1.82, 2.24) is 14.3 Å². The number of furan rings is 1. The molecule has 0 amide bonds. The summed E-state index contributed by atoms with van der Waals surface area (Å²) in [5.41, 5.74) is 0. The van der Waals surface area contributed by atoms with Crippen molar-refractivity contribution in [1.29, 1.82) is 0 Å². The molecule has 10 heteroatoms. The molecule has 2 aromatic heterocycles. The van der Waals surface area contributed by atoms with Crippen LogP contribution >= 0.6 is 15.9 Å². The van der Waals surface area contributed by atoms with E-state index in [4.69, 9.17) is 9.52 Å². The van der Waals surface area contributed by atoms with Gasteiger partial charge in [0.05, 0.1) is 6.54 Å². The zero-order valence-electron chi connectivity index (χ0n) is 10.2. The van der Waals surface area contributed by atoms with Gasteiger partial charge in [-0.2, -0.15) is 4.31 Å². The maximum absolute atomic E-state index is 12.3. The van der Waals surface area contributed by atoms with E-state index in [9.17, 15) is 13.2 Å². The van der Waals surface area contributed by atoms with Crippen molar-refractivity contribution in [2.45, 2.75) is 11.4 Å². The molecule has 0 spiro atoms. The zero-order chi connectivity index (χ0) is 14.9. The van der Waals surface area contributed by atoms with E-state index in [2.05, 4.69) is 25.9 Å². The highest BCUT2D eigenvalue weighted by Crippen LogP contribution is 2.28. The second kappa shape index (κ2) is 5.38. The summed E-state index contributed by atoms with van der Waals surface area (Å²) in [6.07, 6.45) is 3.08. The Labute approximate surface area is 122 Å². The van der Waals surface area contributed by atoms with E-state index in [1.165, 1.54) is 13.2 Å². The second-order valence-electron chi connectivity index (χ2n) is 3.85. The molecule has 0 saturated carbocycles. The number of aromatic carboxylic acids is 1. The van der Waals surface area contributed by atoms with Gasteiger partial charge in [0, 0.05) is 25.5 Å². The Morgan fingerprint density at radius 1 is 1.60 bits per heavy atom. The van der Waals surface area contributed by atoms with Gasteiger partial charge in [-0.25, -0.2) is 18.2 Å². The second-order valence-corrected chi connectivity index (χ2v) is 6.58. The number of aromatic amines is 1. The highest BCUT2D eigenvalue weighted by atomic mass is 79.9. The number of aromatic nitrogens is 2. The van der Waals surface area contributed by atoms with Crippen molar-refractivity contribution < 1.29 is 22.7 Å². The van der Waals surface area contributed by atoms with Gasteiger partial charge in [0.15, 0.2) is 4.67 Å². The molecular formula is C10H10BrN3O5S. The number of hydrogen-bond acceptors (Lipinski definition) is 5. The molecule has 108 valence electrons. The molecule has 0 unspecified atom stereocenters. The summed E-state index contributed by atoms with van der Waals surface area (Å²) in [5, 5.41) is 8.80. The van der Waals surface area contributed by atoms with Gasteiger partial charge in [0.2, 0.25) is 15.8 Å². The van der Waals surface area contributed by atoms with Crippen LogP contribution < -0.4 is 0 Å². The van der Waals surface area contributed by atoms with Gasteiger partial charge in [0.25, 0.3) is 0 Å². The first-order valence-electron chi connectivity index (χ1n) is 5.29. The molecule has 0 bridgehead atoms. The Kier molecular flexibility index (Phi) is 3.97. The van der Waals surface area contributed by atoms with Crippen LogP contribution in [0, 0.1) is 0 Å². The van der Waals surface area contributed by atoms with Crippen molar-refractivity contribution >= 4 is 31.9 Å². The minimum atomic E-state index is -3.89. The molecule has 0 aliphatic rings. The van der Waals surface area contributed by atoms with E-state index in [0.29, 0.717) is 5.82 Å². The quantitative estimate of drug-likeness (QED) is 0.826. The number of carboxylic acid groups (broad SMARTS) is 1. The number of rotatable bonds is 5. The first kappa shape index (κ1) is 14.8. The molecule has 0 aliphatic carbocycles. The predicted molar refractivity (Wildman–Crippen MR) is 70.6 cm³/mol. The summed E-state index contributed by atoms with van der Waals surface area (Å²) >= 11 is 2.91. The molecule has 0 fully saturated rings. The van der Waals surface area contributed by atoms with Crippen LogP contribution in [0.1, 0.15) is 16.4 Å². The molecule has 0 aliphatic heterocycles. The summed E-state index contributed by atoms with van der Waals surface area (Å²) < 4.78 is 30.4. The van der Waals surface area contributed by atoms with Crippen LogP contribution in [-0.2, 0) is 16.6 Å². The Balaban J connectivity index is 2.32. The lowest BCUT2D eigenvalue weighted by atomic mass is 10.5. The predicted octanol–water partition coefficient (Wildman–Crippen LogP) is 1.28. The number of carboxylic acids is 1. The monoisotopic (exact) mass is 363 g/mol. The smallest absolute Gasteiger partial charge is 0.371 e. The number of halogens is 1. The number of imidazole rings is 1. The van der Waals surface area contributed by atoms with Crippen molar-refractivity contribution in [3.05, 3.63) is 34.7 Å². The van der Waals surface area contributed by atoms with Gasteiger partial charge in [0.1, 0.15) is 10.7 Å². The topological polar surface area (TPSA) is 116 Å². The van der Waals surface area contributed by atoms with Crippen LogP contribution in [0.2, 0.25) is 0 Å². The maximum atomic E-state index is 12.3. The molecule has 2 N–H and O–H groups in total. The third-order valence-corrected chi connectivity index (χ3v) is 5.14. The minimum absolute atomic E-state index is 0.0232. The normalized spacial score (nSPS) is 11.9. The van der Waals surface area contributed by atoms with Gasteiger partial charge in [-0.3, -0.25) is 0 Å². The van der Waals surface area contributed by atoms with Crippen LogP contribution in [0.15, 0.2) is 32.4 Å². The van der Waals surface area contributed by atoms with Crippen molar-refractivity contribution in [2.75, 3.05) is 7.05 Å². The molecule has 8 nitrogen and oxygen atoms in total. The maximum Gasteiger partial charge on any atom is 0.371 e. The Morgan fingerprint density at radius 2 is 2.30 bits per heavy atom. The van der Waals surface area contributed by atoms with Gasteiger partial charge in [-0.15, -0.1) is 0 Å². The molecule has 0 aromatic carbocycles. The standard InChI is InChI=1S/C10H10BrN3O5S/c1-14(5-8-12-2-3-13-8)20(17,18)7-4-6(10(15)16)19-9(7)11/h2-4H,5H2,1H3,(H,12,13)(H,15,16). The largest absolute Gasteiger partial charge is 0.475 e. The van der Waals surface area contributed by atoms with Gasteiger partial charge in [-0.1, -0.05) is 0 Å². The molecule has 0 saturated heterocycles. The lowest BCUT2D eigenvalue weighted by Crippen LogP contribution is -2.27. The summed E-state index contributed by atoms with van der Waals surface area (Å²) in [6, 6.07) is 0.959. The Morgan fingerprint density at radius 3 is 2.80 bits per heavy atom. The average Bonchev–Trinajstić information content (AvgIpc) is 2.98. The number of carbonyl (C=O) groups is 1. The fraction of sp³-hybridized carbons (Fsp3) is 0.200. The van der Waals surface area contributed by atoms with Crippen molar-refractivity contribution in [2.24, 2.45) is 0 Å². The third kappa shape index (κ3) is 2.76. The van der Waals surface area contributed by atoms with E-state index in [1.807, 2.05) is 0 Å².